The molecule has 0 spiro atoms. The third-order valence-electron chi connectivity index (χ3n) is 6.86. The highest BCUT2D eigenvalue weighted by molar-refractivity contribution is 6.30. The lowest BCUT2D eigenvalue weighted by molar-refractivity contribution is 0.0926. The number of benzene rings is 1. The van der Waals surface area contributed by atoms with Crippen LogP contribution >= 0.6 is 11.6 Å². The summed E-state index contributed by atoms with van der Waals surface area (Å²) in [6, 6.07) is 7.95. The van der Waals surface area contributed by atoms with Crippen molar-refractivity contribution in [3.05, 3.63) is 52.8 Å². The molecule has 3 saturated carbocycles. The van der Waals surface area contributed by atoms with Gasteiger partial charge in [0.15, 0.2) is 0 Å². The molecule has 1 heterocycles. The molecule has 2 aromatic rings. The molecular formula is C22H26ClN3O. The molecule has 3 aliphatic carbocycles. The van der Waals surface area contributed by atoms with E-state index in [0.717, 1.165) is 24.2 Å². The summed E-state index contributed by atoms with van der Waals surface area (Å²) in [6.07, 6.45) is 10.4. The van der Waals surface area contributed by atoms with E-state index in [1.165, 1.54) is 31.2 Å². The topological polar surface area (TPSA) is 46.9 Å². The van der Waals surface area contributed by atoms with Gasteiger partial charge in [0.1, 0.15) is 0 Å². The summed E-state index contributed by atoms with van der Waals surface area (Å²) in [7, 11) is 0. The van der Waals surface area contributed by atoms with Gasteiger partial charge in [-0.05, 0) is 85.6 Å². The van der Waals surface area contributed by atoms with E-state index in [2.05, 4.69) is 34.4 Å². The first-order valence-corrected chi connectivity index (χ1v) is 10.6. The van der Waals surface area contributed by atoms with Crippen LogP contribution in [0.25, 0.3) is 0 Å². The molecule has 1 N–H and O–H groups in total. The van der Waals surface area contributed by atoms with E-state index in [-0.39, 0.29) is 11.9 Å². The van der Waals surface area contributed by atoms with Gasteiger partial charge >= 0.3 is 0 Å². The van der Waals surface area contributed by atoms with E-state index in [0.29, 0.717) is 22.5 Å². The van der Waals surface area contributed by atoms with E-state index in [1.807, 2.05) is 0 Å². The average molecular weight is 384 g/mol. The molecule has 1 aromatic heterocycles. The lowest BCUT2D eigenvalue weighted by atomic mass is 9.99. The highest BCUT2D eigenvalue weighted by Gasteiger charge is 2.59. The zero-order valence-electron chi connectivity index (χ0n) is 15.6. The van der Waals surface area contributed by atoms with Crippen molar-refractivity contribution in [3.8, 4) is 0 Å². The van der Waals surface area contributed by atoms with Crippen LogP contribution in [0.4, 0.5) is 0 Å². The number of carbonyl (C=O) groups excluding carboxylic acids is 1. The lowest BCUT2D eigenvalue weighted by Crippen LogP contribution is -2.37. The number of hydrogen-bond donors (Lipinski definition) is 1. The molecule has 0 radical (unpaired) electrons. The van der Waals surface area contributed by atoms with Gasteiger partial charge in [0, 0.05) is 22.8 Å². The number of nitrogens with one attached hydrogen (secondary N) is 1. The van der Waals surface area contributed by atoms with Gasteiger partial charge in [-0.15, -0.1) is 0 Å². The minimum atomic E-state index is 0.0150. The van der Waals surface area contributed by atoms with Crippen LogP contribution in [-0.2, 0) is 0 Å². The van der Waals surface area contributed by atoms with E-state index >= 15 is 0 Å². The highest BCUT2D eigenvalue weighted by atomic mass is 35.5. The van der Waals surface area contributed by atoms with Crippen molar-refractivity contribution in [1.82, 2.24) is 15.1 Å². The summed E-state index contributed by atoms with van der Waals surface area (Å²) in [5.41, 5.74) is 2.11. The Morgan fingerprint density at radius 1 is 1.26 bits per heavy atom. The van der Waals surface area contributed by atoms with Crippen molar-refractivity contribution < 1.29 is 4.79 Å². The Kier molecular flexibility index (Phi) is 4.27. The fraction of sp³-hybridized carbons (Fsp3) is 0.545. The molecule has 1 amide bonds. The molecule has 5 rings (SSSR count). The third-order valence-corrected chi connectivity index (χ3v) is 7.11. The fourth-order valence-electron chi connectivity index (χ4n) is 5.18. The minimum Gasteiger partial charge on any atom is -0.349 e. The first-order valence-electron chi connectivity index (χ1n) is 10.2. The molecule has 142 valence electrons. The molecular weight excluding hydrogens is 358 g/mol. The van der Waals surface area contributed by atoms with Crippen molar-refractivity contribution in [3.63, 3.8) is 0 Å². The molecule has 0 unspecified atom stereocenters. The van der Waals surface area contributed by atoms with E-state index in [4.69, 9.17) is 11.6 Å². The second kappa shape index (κ2) is 6.66. The number of fused-ring (bicyclic) bond motifs is 1. The second-order valence-electron chi connectivity index (χ2n) is 8.55. The predicted molar refractivity (Wildman–Crippen MR) is 106 cm³/mol. The molecule has 5 heteroatoms. The van der Waals surface area contributed by atoms with Gasteiger partial charge in [-0.3, -0.25) is 9.48 Å². The van der Waals surface area contributed by atoms with Crippen LogP contribution in [0.2, 0.25) is 5.02 Å². The zero-order valence-corrected chi connectivity index (χ0v) is 16.4. The maximum absolute atomic E-state index is 12.6. The van der Waals surface area contributed by atoms with Crippen LogP contribution in [0.1, 0.15) is 66.9 Å². The average Bonchev–Trinajstić information content (AvgIpc) is 3.53. The minimum absolute atomic E-state index is 0.0150. The van der Waals surface area contributed by atoms with Gasteiger partial charge in [-0.2, -0.15) is 5.10 Å². The summed E-state index contributed by atoms with van der Waals surface area (Å²) in [4.78, 5) is 12.6. The van der Waals surface area contributed by atoms with Gasteiger partial charge in [0.05, 0.1) is 12.2 Å². The van der Waals surface area contributed by atoms with E-state index in [9.17, 15) is 4.79 Å². The summed E-state index contributed by atoms with van der Waals surface area (Å²) >= 11 is 5.92. The number of nitrogens with zero attached hydrogens (tertiary/aromatic N) is 2. The molecule has 27 heavy (non-hydrogen) atoms. The number of halogens is 1. The predicted octanol–water partition coefficient (Wildman–Crippen LogP) is 4.82. The number of rotatable bonds is 6. The maximum atomic E-state index is 12.6. The summed E-state index contributed by atoms with van der Waals surface area (Å²) < 4.78 is 2.21. The van der Waals surface area contributed by atoms with Crippen LogP contribution in [0.5, 0.6) is 0 Å². The van der Waals surface area contributed by atoms with Crippen LogP contribution < -0.4 is 5.32 Å². The van der Waals surface area contributed by atoms with Gasteiger partial charge in [-0.1, -0.05) is 18.5 Å². The van der Waals surface area contributed by atoms with Gasteiger partial charge in [0.2, 0.25) is 0 Å². The number of carbonyl (C=O) groups is 1. The Labute approximate surface area is 165 Å². The largest absolute Gasteiger partial charge is 0.349 e. The molecule has 3 fully saturated rings. The molecule has 0 aliphatic heterocycles. The van der Waals surface area contributed by atoms with Crippen LogP contribution in [0, 0.1) is 17.8 Å². The fourth-order valence-corrected chi connectivity index (χ4v) is 5.31. The Morgan fingerprint density at radius 2 is 1.96 bits per heavy atom. The Hall–Kier alpha value is -1.81. The van der Waals surface area contributed by atoms with E-state index < -0.39 is 0 Å². The summed E-state index contributed by atoms with van der Waals surface area (Å²) in [5, 5.41) is 8.56. The van der Waals surface area contributed by atoms with Crippen LogP contribution in [-0.4, -0.2) is 21.7 Å². The quantitative estimate of drug-likeness (QED) is 0.777. The van der Waals surface area contributed by atoms with Gasteiger partial charge in [0.25, 0.3) is 5.91 Å². The van der Waals surface area contributed by atoms with Crippen molar-refractivity contribution in [1.29, 1.82) is 0 Å². The van der Waals surface area contributed by atoms with Crippen molar-refractivity contribution >= 4 is 17.5 Å². The van der Waals surface area contributed by atoms with Crippen molar-refractivity contribution in [2.75, 3.05) is 0 Å². The van der Waals surface area contributed by atoms with Gasteiger partial charge < -0.3 is 5.32 Å². The molecule has 1 aromatic carbocycles. The van der Waals surface area contributed by atoms with Crippen LogP contribution in [0.15, 0.2) is 36.7 Å². The first kappa shape index (κ1) is 17.3. The maximum Gasteiger partial charge on any atom is 0.251 e. The smallest absolute Gasteiger partial charge is 0.251 e. The normalized spacial score (nSPS) is 30.0. The monoisotopic (exact) mass is 383 g/mol. The molecule has 0 bridgehead atoms. The Morgan fingerprint density at radius 3 is 2.59 bits per heavy atom. The summed E-state index contributed by atoms with van der Waals surface area (Å²) in [5.74, 6) is 2.88. The first-order chi connectivity index (χ1) is 13.1. The SMILES string of the molecule is CC[C@@H](NC(=O)c1ccc(Cl)cc1)[C@H]1[C@@H]2C[C@@H](n3cc(C4CC4)cn3)C[C@@H]21. The second-order valence-corrected chi connectivity index (χ2v) is 8.99. The highest BCUT2D eigenvalue weighted by Crippen LogP contribution is 2.62. The van der Waals surface area contributed by atoms with Gasteiger partial charge in [-0.25, -0.2) is 0 Å². The Bertz CT molecular complexity index is 829. The number of amides is 1. The third kappa shape index (κ3) is 3.29. The van der Waals surface area contributed by atoms with Crippen molar-refractivity contribution in [2.45, 2.75) is 57.0 Å². The van der Waals surface area contributed by atoms with E-state index in [1.54, 1.807) is 24.3 Å². The summed E-state index contributed by atoms with van der Waals surface area (Å²) in [6.45, 7) is 2.17. The standard InChI is InChI=1S/C22H26ClN3O/c1-2-20(25-22(27)14-5-7-16(23)8-6-14)21-18-9-17(10-19(18)21)26-12-15(11-24-26)13-3-4-13/h5-8,11-13,17-21H,2-4,9-10H2,1H3,(H,25,27)/t17-,18-,19+,20-,21+/m1/s1. The van der Waals surface area contributed by atoms with Crippen LogP contribution in [0.3, 0.4) is 0 Å². The lowest BCUT2D eigenvalue weighted by Gasteiger charge is -2.22. The number of aromatic nitrogens is 2. The zero-order chi connectivity index (χ0) is 18.5. The van der Waals surface area contributed by atoms with Crippen molar-refractivity contribution in [2.24, 2.45) is 17.8 Å². The molecule has 4 nitrogen and oxygen atoms in total. The Balaban J connectivity index is 1.19. The molecule has 0 saturated heterocycles. The number of hydrogen-bond acceptors (Lipinski definition) is 2. The molecule has 3 aliphatic rings. The molecule has 5 atom stereocenters.